The quantitative estimate of drug-likeness (QED) is 0.743. The van der Waals surface area contributed by atoms with Gasteiger partial charge >= 0.3 is 0 Å². The zero-order valence-corrected chi connectivity index (χ0v) is 15.6. The molecule has 2 aliphatic rings. The summed E-state index contributed by atoms with van der Waals surface area (Å²) >= 11 is 0. The molecule has 5 nitrogen and oxygen atoms in total. The van der Waals surface area contributed by atoms with Gasteiger partial charge in [-0.2, -0.15) is 0 Å². The average molecular weight is 345 g/mol. The van der Waals surface area contributed by atoms with Crippen molar-refractivity contribution in [3.63, 3.8) is 0 Å². The van der Waals surface area contributed by atoms with Gasteiger partial charge in [-0.15, -0.1) is 0 Å². The van der Waals surface area contributed by atoms with Crippen molar-refractivity contribution in [2.75, 3.05) is 18.4 Å². The molecule has 25 heavy (non-hydrogen) atoms. The molecule has 138 valence electrons. The number of carbonyl (C=O) groups excluding carboxylic acids is 1. The fraction of sp³-hybridized carbons (Fsp3) is 0.650. The second-order valence-electron chi connectivity index (χ2n) is 7.71. The monoisotopic (exact) mass is 344 g/mol. The first-order valence-corrected chi connectivity index (χ1v) is 9.77. The van der Waals surface area contributed by atoms with E-state index in [0.29, 0.717) is 6.04 Å². The summed E-state index contributed by atoms with van der Waals surface area (Å²) in [6.45, 7) is 7.90. The van der Waals surface area contributed by atoms with Crippen molar-refractivity contribution >= 4 is 11.6 Å². The number of rotatable bonds is 6. The van der Waals surface area contributed by atoms with Gasteiger partial charge in [0.05, 0.1) is 0 Å². The molecule has 5 heteroatoms. The van der Waals surface area contributed by atoms with Crippen LogP contribution in [0.4, 0.5) is 5.69 Å². The van der Waals surface area contributed by atoms with Crippen molar-refractivity contribution in [2.45, 2.75) is 64.6 Å². The predicted octanol–water partition coefficient (Wildman–Crippen LogP) is 2.89. The number of hydrogen-bond acceptors (Lipinski definition) is 4. The number of carbonyl (C=O) groups is 1. The van der Waals surface area contributed by atoms with Crippen LogP contribution in [0, 0.1) is 5.92 Å². The first-order chi connectivity index (χ1) is 12.1. The first-order valence-electron chi connectivity index (χ1n) is 9.77. The molecular weight excluding hydrogens is 312 g/mol. The Balaban J connectivity index is 1.46. The van der Waals surface area contributed by atoms with Crippen LogP contribution < -0.4 is 16.2 Å². The van der Waals surface area contributed by atoms with Gasteiger partial charge < -0.3 is 5.32 Å². The molecule has 1 aromatic carbocycles. The molecule has 2 atom stereocenters. The highest BCUT2D eigenvalue weighted by Crippen LogP contribution is 2.19. The number of nitrogens with zero attached hydrogens (tertiary/aromatic N) is 1. The summed E-state index contributed by atoms with van der Waals surface area (Å²) < 4.78 is 0. The molecule has 3 N–H and O–H groups in total. The number of hydrogen-bond donors (Lipinski definition) is 3. The number of nitrogens with one attached hydrogen (secondary N) is 3. The maximum Gasteiger partial charge on any atom is 0.242 e. The van der Waals surface area contributed by atoms with Gasteiger partial charge in [0.2, 0.25) is 5.91 Å². The number of anilines is 1. The van der Waals surface area contributed by atoms with E-state index in [1.807, 2.05) is 12.1 Å². The fourth-order valence-corrected chi connectivity index (χ4v) is 3.73. The number of amides is 1. The highest BCUT2D eigenvalue weighted by atomic mass is 16.2. The molecule has 0 saturated carbocycles. The lowest BCUT2D eigenvalue weighted by molar-refractivity contribution is -0.117. The molecule has 0 spiro atoms. The summed E-state index contributed by atoms with van der Waals surface area (Å²) in [7, 11) is 0. The number of likely N-dealkylation sites (tertiary alicyclic amines) is 1. The smallest absolute Gasteiger partial charge is 0.242 e. The van der Waals surface area contributed by atoms with Crippen molar-refractivity contribution in [3.05, 3.63) is 29.8 Å². The molecule has 1 amide bonds. The lowest BCUT2D eigenvalue weighted by Crippen LogP contribution is -2.40. The molecule has 3 rings (SSSR count). The molecular formula is C20H32N4O. The van der Waals surface area contributed by atoms with Gasteiger partial charge in [0.15, 0.2) is 0 Å². The predicted molar refractivity (Wildman–Crippen MR) is 102 cm³/mol. The highest BCUT2D eigenvalue weighted by Gasteiger charge is 2.28. The molecule has 0 aromatic heterocycles. The van der Waals surface area contributed by atoms with Crippen LogP contribution in [-0.2, 0) is 11.3 Å². The van der Waals surface area contributed by atoms with E-state index >= 15 is 0 Å². The van der Waals surface area contributed by atoms with E-state index in [9.17, 15) is 4.79 Å². The summed E-state index contributed by atoms with van der Waals surface area (Å²) in [6.07, 6.45) is 5.68. The number of benzene rings is 1. The highest BCUT2D eigenvalue weighted by molar-refractivity contribution is 5.95. The van der Waals surface area contributed by atoms with Crippen LogP contribution >= 0.6 is 0 Å². The lowest BCUT2D eigenvalue weighted by Gasteiger charge is -2.30. The van der Waals surface area contributed by atoms with Crippen LogP contribution in [0.1, 0.15) is 51.5 Å². The Hall–Kier alpha value is -1.43. The summed E-state index contributed by atoms with van der Waals surface area (Å²) in [4.78, 5) is 14.9. The zero-order chi connectivity index (χ0) is 17.6. The summed E-state index contributed by atoms with van der Waals surface area (Å²) in [6, 6.07) is 8.56. The largest absolute Gasteiger partial charge is 0.325 e. The van der Waals surface area contributed by atoms with Crippen molar-refractivity contribution in [2.24, 2.45) is 5.92 Å². The zero-order valence-electron chi connectivity index (χ0n) is 15.6. The van der Waals surface area contributed by atoms with Crippen molar-refractivity contribution < 1.29 is 4.79 Å². The van der Waals surface area contributed by atoms with Crippen LogP contribution in [0.15, 0.2) is 24.3 Å². The minimum atomic E-state index is -0.147. The summed E-state index contributed by atoms with van der Waals surface area (Å²) in [5.74, 6) is 0.910. The van der Waals surface area contributed by atoms with Crippen LogP contribution in [0.3, 0.4) is 0 Å². The van der Waals surface area contributed by atoms with Gasteiger partial charge in [-0.3, -0.25) is 15.1 Å². The number of hydrazine groups is 1. The van der Waals surface area contributed by atoms with Crippen LogP contribution in [0.25, 0.3) is 0 Å². The van der Waals surface area contributed by atoms with E-state index in [4.69, 9.17) is 0 Å². The van der Waals surface area contributed by atoms with E-state index in [-0.39, 0.29) is 11.9 Å². The molecule has 1 aromatic rings. The maximum absolute atomic E-state index is 12.4. The fourth-order valence-electron chi connectivity index (χ4n) is 3.73. The number of piperidine rings is 1. The standard InChI is InChI=1S/C20H32N4O/c1-3-4-18-13-19(23-22-18)20(25)21-17-7-5-16(6-8-17)14-24-11-9-15(2)10-12-24/h5-8,15,18-19,22-23H,3-4,9-14H2,1-2H3,(H,21,25). The molecule has 2 unspecified atom stereocenters. The third kappa shape index (κ3) is 5.27. The third-order valence-corrected chi connectivity index (χ3v) is 5.44. The Kier molecular flexibility index (Phi) is 6.45. The van der Waals surface area contributed by atoms with Crippen LogP contribution in [0.2, 0.25) is 0 Å². The van der Waals surface area contributed by atoms with Gasteiger partial charge in [-0.1, -0.05) is 32.4 Å². The molecule has 0 aliphatic carbocycles. The second kappa shape index (κ2) is 8.79. The normalized spacial score (nSPS) is 25.2. The Labute approximate surface area is 151 Å². The van der Waals surface area contributed by atoms with Gasteiger partial charge in [-0.25, -0.2) is 5.43 Å². The minimum Gasteiger partial charge on any atom is -0.325 e. The molecule has 2 heterocycles. The molecule has 2 aliphatic heterocycles. The minimum absolute atomic E-state index is 0.0453. The summed E-state index contributed by atoms with van der Waals surface area (Å²) in [5, 5.41) is 3.03. The molecule has 2 saturated heterocycles. The Morgan fingerprint density at radius 3 is 2.60 bits per heavy atom. The SMILES string of the molecule is CCCC1CC(C(=O)Nc2ccc(CN3CCC(C)CC3)cc2)NN1. The van der Waals surface area contributed by atoms with E-state index < -0.39 is 0 Å². The summed E-state index contributed by atoms with van der Waals surface area (Å²) in [5.41, 5.74) is 8.52. The van der Waals surface area contributed by atoms with Crippen molar-refractivity contribution in [1.82, 2.24) is 15.8 Å². The average Bonchev–Trinajstić information content (AvgIpc) is 3.08. The van der Waals surface area contributed by atoms with Gasteiger partial charge in [0.25, 0.3) is 0 Å². The van der Waals surface area contributed by atoms with Crippen LogP contribution in [-0.4, -0.2) is 36.0 Å². The van der Waals surface area contributed by atoms with Gasteiger partial charge in [-0.05, 0) is 62.4 Å². The Morgan fingerprint density at radius 2 is 1.92 bits per heavy atom. The Bertz CT molecular complexity index is 551. The lowest BCUT2D eigenvalue weighted by atomic mass is 9.99. The van der Waals surface area contributed by atoms with E-state index in [2.05, 4.69) is 47.0 Å². The van der Waals surface area contributed by atoms with Crippen molar-refractivity contribution in [3.8, 4) is 0 Å². The van der Waals surface area contributed by atoms with E-state index in [1.165, 1.54) is 31.5 Å². The Morgan fingerprint density at radius 1 is 1.20 bits per heavy atom. The van der Waals surface area contributed by atoms with Gasteiger partial charge in [0.1, 0.15) is 6.04 Å². The first kappa shape index (κ1) is 18.4. The third-order valence-electron chi connectivity index (χ3n) is 5.44. The van der Waals surface area contributed by atoms with Crippen LogP contribution in [0.5, 0.6) is 0 Å². The van der Waals surface area contributed by atoms with Crippen molar-refractivity contribution in [1.29, 1.82) is 0 Å². The molecule has 0 radical (unpaired) electrons. The van der Waals surface area contributed by atoms with E-state index in [1.54, 1.807) is 0 Å². The topological polar surface area (TPSA) is 56.4 Å². The molecule has 2 fully saturated rings. The second-order valence-corrected chi connectivity index (χ2v) is 7.71. The van der Waals surface area contributed by atoms with Gasteiger partial charge in [0, 0.05) is 18.3 Å². The maximum atomic E-state index is 12.4. The molecule has 0 bridgehead atoms. The van der Waals surface area contributed by atoms with E-state index in [0.717, 1.165) is 37.4 Å².